The summed E-state index contributed by atoms with van der Waals surface area (Å²) in [6.07, 6.45) is 3.03. The molecule has 3 rings (SSSR count). The van der Waals surface area contributed by atoms with E-state index in [-0.39, 0.29) is 28.8 Å². The monoisotopic (exact) mass is 483 g/mol. The van der Waals surface area contributed by atoms with Gasteiger partial charge in [-0.15, -0.1) is 0 Å². The number of hydrogen-bond donors (Lipinski definition) is 1. The van der Waals surface area contributed by atoms with E-state index >= 15 is 0 Å². The minimum atomic E-state index is -1.84. The summed E-state index contributed by atoms with van der Waals surface area (Å²) in [5.74, 6) is -0.490. The van der Waals surface area contributed by atoms with Crippen molar-refractivity contribution in [3.05, 3.63) is 91.0 Å². The van der Waals surface area contributed by atoms with Gasteiger partial charge >= 0.3 is 0 Å². The average molecular weight is 484 g/mol. The molecule has 0 heterocycles. The first-order chi connectivity index (χ1) is 14.1. The predicted octanol–water partition coefficient (Wildman–Crippen LogP) is 0.818. The first-order valence-corrected chi connectivity index (χ1v) is 12.0. The van der Waals surface area contributed by atoms with Gasteiger partial charge in [0.05, 0.1) is 6.16 Å². The van der Waals surface area contributed by atoms with Crippen molar-refractivity contribution in [3.8, 4) is 0 Å². The van der Waals surface area contributed by atoms with Crippen LogP contribution in [0.5, 0.6) is 0 Å². The highest BCUT2D eigenvalue weighted by atomic mass is 79.9. The summed E-state index contributed by atoms with van der Waals surface area (Å²) in [6.45, 7) is 1.37. The van der Waals surface area contributed by atoms with Crippen LogP contribution in [0.4, 0.5) is 0 Å². The minimum Gasteiger partial charge on any atom is -1.00 e. The highest BCUT2D eigenvalue weighted by molar-refractivity contribution is 7.95. The molecule has 0 saturated carbocycles. The smallest absolute Gasteiger partial charge is 0.226 e. The molecule has 3 nitrogen and oxygen atoms in total. The maximum absolute atomic E-state index is 11.9. The minimum absolute atomic E-state index is 0. The number of rotatable bonds is 8. The van der Waals surface area contributed by atoms with Crippen molar-refractivity contribution in [2.24, 2.45) is 0 Å². The van der Waals surface area contributed by atoms with E-state index in [2.05, 4.69) is 96.3 Å². The lowest BCUT2D eigenvalue weighted by molar-refractivity contribution is -0.129. The van der Waals surface area contributed by atoms with E-state index < -0.39 is 7.26 Å². The second-order valence-corrected chi connectivity index (χ2v) is 10.7. The molecule has 0 unspecified atom stereocenters. The number of unbranched alkanes of at least 4 members (excludes halogenated alkanes) is 1. The topological polar surface area (TPSA) is 46.2 Å². The fourth-order valence-electron chi connectivity index (χ4n) is 3.78. The highest BCUT2D eigenvalue weighted by Crippen LogP contribution is 2.55. The van der Waals surface area contributed by atoms with Gasteiger partial charge in [0.25, 0.3) is 0 Å². The Morgan fingerprint density at radius 3 is 1.47 bits per heavy atom. The molecule has 0 fully saturated rings. The molecule has 30 heavy (non-hydrogen) atoms. The first kappa shape index (κ1) is 24.0. The van der Waals surface area contributed by atoms with Crippen molar-refractivity contribution in [1.29, 1.82) is 0 Å². The predicted molar refractivity (Wildman–Crippen MR) is 123 cm³/mol. The van der Waals surface area contributed by atoms with Crippen LogP contribution in [0.15, 0.2) is 91.0 Å². The lowest BCUT2D eigenvalue weighted by atomic mass is 10.2. The number of amides is 2. The van der Waals surface area contributed by atoms with E-state index in [1.807, 2.05) is 0 Å². The standard InChI is InChI=1S/C25H26NO2P.BrH/c1-21(27)26-25(28)19-11-12-20-29(22-13-5-2-6-14-22,23-15-7-3-8-16-23)24-17-9-4-10-18-24;/h2-10,13-18H,11-12,19-20H2,1H3;1H. The van der Waals surface area contributed by atoms with Gasteiger partial charge in [-0.05, 0) is 49.2 Å². The maximum atomic E-state index is 11.9. The summed E-state index contributed by atoms with van der Waals surface area (Å²) >= 11 is 0. The Bertz CT molecular complexity index is 836. The van der Waals surface area contributed by atoms with E-state index in [1.165, 1.54) is 22.8 Å². The molecule has 0 spiro atoms. The van der Waals surface area contributed by atoms with Crippen molar-refractivity contribution < 1.29 is 26.6 Å². The molecule has 0 radical (unpaired) electrons. The fraction of sp³-hybridized carbons (Fsp3) is 0.200. The number of carbonyl (C=O) groups is 2. The zero-order valence-electron chi connectivity index (χ0n) is 17.1. The van der Waals surface area contributed by atoms with Crippen LogP contribution in [-0.4, -0.2) is 18.0 Å². The van der Waals surface area contributed by atoms with Crippen molar-refractivity contribution in [2.75, 3.05) is 6.16 Å². The maximum Gasteiger partial charge on any atom is 0.226 e. The van der Waals surface area contributed by atoms with Gasteiger partial charge in [-0.1, -0.05) is 54.6 Å². The van der Waals surface area contributed by atoms with Crippen LogP contribution >= 0.6 is 7.26 Å². The molecule has 1 N–H and O–H groups in total. The third kappa shape index (κ3) is 5.87. The van der Waals surface area contributed by atoms with Gasteiger partial charge in [-0.25, -0.2) is 0 Å². The van der Waals surface area contributed by atoms with Crippen LogP contribution in [0.25, 0.3) is 0 Å². The normalized spacial score (nSPS) is 10.7. The third-order valence-corrected chi connectivity index (χ3v) is 9.58. The Kier molecular flexibility index (Phi) is 9.42. The second kappa shape index (κ2) is 11.8. The number of halogens is 1. The van der Waals surface area contributed by atoms with Crippen LogP contribution in [0.3, 0.4) is 0 Å². The van der Waals surface area contributed by atoms with E-state index in [0.29, 0.717) is 6.42 Å². The van der Waals surface area contributed by atoms with Gasteiger partial charge in [0.15, 0.2) is 0 Å². The Hall–Kier alpha value is -2.29. The fourth-order valence-corrected chi connectivity index (χ4v) is 8.19. The van der Waals surface area contributed by atoms with E-state index in [4.69, 9.17) is 0 Å². The van der Waals surface area contributed by atoms with Crippen molar-refractivity contribution in [1.82, 2.24) is 5.32 Å². The summed E-state index contributed by atoms with van der Waals surface area (Å²) in [6, 6.07) is 32.2. The third-order valence-electron chi connectivity index (χ3n) is 5.05. The van der Waals surface area contributed by atoms with Crippen molar-refractivity contribution in [3.63, 3.8) is 0 Å². The molecule has 156 valence electrons. The molecule has 0 aliphatic carbocycles. The molecule has 0 aliphatic rings. The summed E-state index contributed by atoms with van der Waals surface area (Å²) in [5, 5.41) is 6.42. The molecule has 0 aromatic heterocycles. The van der Waals surface area contributed by atoms with E-state index in [9.17, 15) is 9.59 Å². The van der Waals surface area contributed by atoms with Crippen molar-refractivity contribution in [2.45, 2.75) is 26.2 Å². The van der Waals surface area contributed by atoms with Crippen LogP contribution < -0.4 is 38.2 Å². The lowest BCUT2D eigenvalue weighted by Gasteiger charge is -2.27. The average Bonchev–Trinajstić information content (AvgIpc) is 2.75. The zero-order valence-corrected chi connectivity index (χ0v) is 19.6. The van der Waals surface area contributed by atoms with Gasteiger partial charge in [0.1, 0.15) is 23.2 Å². The van der Waals surface area contributed by atoms with Gasteiger partial charge in [-0.3, -0.25) is 14.9 Å². The summed E-state index contributed by atoms with van der Waals surface area (Å²) in [7, 11) is -1.84. The van der Waals surface area contributed by atoms with Gasteiger partial charge in [0, 0.05) is 13.3 Å². The van der Waals surface area contributed by atoms with Gasteiger partial charge in [-0.2, -0.15) is 0 Å². The van der Waals surface area contributed by atoms with E-state index in [0.717, 1.165) is 19.0 Å². The number of imide groups is 1. The summed E-state index contributed by atoms with van der Waals surface area (Å²) in [4.78, 5) is 22.9. The Balaban J connectivity index is 0.00000320. The van der Waals surface area contributed by atoms with E-state index in [1.54, 1.807) is 0 Å². The quantitative estimate of drug-likeness (QED) is 0.380. The molecule has 2 amide bonds. The van der Waals surface area contributed by atoms with Crippen LogP contribution in [-0.2, 0) is 9.59 Å². The number of nitrogens with one attached hydrogen (secondary N) is 1. The Morgan fingerprint density at radius 2 is 1.10 bits per heavy atom. The van der Waals surface area contributed by atoms with Gasteiger partial charge < -0.3 is 17.0 Å². The number of hydrogen-bond acceptors (Lipinski definition) is 2. The van der Waals surface area contributed by atoms with Crippen LogP contribution in [0.2, 0.25) is 0 Å². The summed E-state index contributed by atoms with van der Waals surface area (Å²) < 4.78 is 0. The van der Waals surface area contributed by atoms with Crippen molar-refractivity contribution >= 4 is 35.0 Å². The molecule has 0 aliphatic heterocycles. The molecule has 5 heteroatoms. The molecule has 0 atom stereocenters. The molecule has 0 saturated heterocycles. The molecule has 3 aromatic rings. The van der Waals surface area contributed by atoms with Crippen LogP contribution in [0.1, 0.15) is 26.2 Å². The lowest BCUT2D eigenvalue weighted by Crippen LogP contribution is -3.00. The molecular formula is C25H27BrNO2P. The Morgan fingerprint density at radius 1 is 0.700 bits per heavy atom. The largest absolute Gasteiger partial charge is 1.00 e. The number of carbonyl (C=O) groups excluding carboxylic acids is 2. The molecular weight excluding hydrogens is 457 g/mol. The molecule has 3 aromatic carbocycles. The highest BCUT2D eigenvalue weighted by Gasteiger charge is 2.44. The SMILES string of the molecule is CC(=O)NC(=O)CCCC[P+](c1ccccc1)(c1ccccc1)c1ccccc1.[Br-]. The summed E-state index contributed by atoms with van der Waals surface area (Å²) in [5.41, 5.74) is 0. The Labute approximate surface area is 190 Å². The van der Waals surface area contributed by atoms with Gasteiger partial charge in [0.2, 0.25) is 11.8 Å². The second-order valence-electron chi connectivity index (χ2n) is 7.10. The zero-order chi connectivity index (χ0) is 20.5. The van der Waals surface area contributed by atoms with Crippen LogP contribution in [0, 0.1) is 0 Å². The molecule has 0 bridgehead atoms. The first-order valence-electron chi connectivity index (χ1n) is 9.98. The number of benzene rings is 3.